The van der Waals surface area contributed by atoms with Crippen molar-refractivity contribution in [2.45, 2.75) is 26.3 Å². The van der Waals surface area contributed by atoms with Gasteiger partial charge in [0.25, 0.3) is 0 Å². The number of carbonyl (C=O) groups excluding carboxylic acids is 1. The molecule has 2 aromatic heterocycles. The zero-order valence-corrected chi connectivity index (χ0v) is 12.7. The molecule has 3 aromatic rings. The predicted octanol–water partition coefficient (Wildman–Crippen LogP) is 3.19. The number of nitrogens with zero attached hydrogens (tertiary/aromatic N) is 3. The van der Waals surface area contributed by atoms with Crippen LogP contribution in [0.3, 0.4) is 0 Å². The molecule has 0 unspecified atom stereocenters. The summed E-state index contributed by atoms with van der Waals surface area (Å²) in [7, 11) is 0. The Morgan fingerprint density at radius 2 is 2.00 bits per heavy atom. The van der Waals surface area contributed by atoms with E-state index in [0.717, 1.165) is 16.6 Å². The molecule has 0 spiro atoms. The Morgan fingerprint density at radius 1 is 1.23 bits per heavy atom. The summed E-state index contributed by atoms with van der Waals surface area (Å²) >= 11 is 0. The second-order valence-electron chi connectivity index (χ2n) is 5.53. The van der Waals surface area contributed by atoms with Crippen LogP contribution in [0.15, 0.2) is 48.8 Å². The van der Waals surface area contributed by atoms with Gasteiger partial charge in [0.05, 0.1) is 24.5 Å². The van der Waals surface area contributed by atoms with Gasteiger partial charge in [0.15, 0.2) is 5.65 Å². The summed E-state index contributed by atoms with van der Waals surface area (Å²) in [6.45, 7) is 4.12. The van der Waals surface area contributed by atoms with E-state index in [9.17, 15) is 4.79 Å². The SMILES string of the molecule is CC(C)n1ncc2cc(NC(=O)Cc3ccccc3)cnc21. The summed E-state index contributed by atoms with van der Waals surface area (Å²) in [5.41, 5.74) is 2.51. The number of rotatable bonds is 4. The molecule has 0 aliphatic carbocycles. The molecule has 0 atom stereocenters. The van der Waals surface area contributed by atoms with E-state index in [1.165, 1.54) is 0 Å². The van der Waals surface area contributed by atoms with E-state index < -0.39 is 0 Å². The first-order valence-corrected chi connectivity index (χ1v) is 7.30. The summed E-state index contributed by atoms with van der Waals surface area (Å²) in [5.74, 6) is -0.0522. The fourth-order valence-corrected chi connectivity index (χ4v) is 2.37. The molecule has 5 nitrogen and oxygen atoms in total. The largest absolute Gasteiger partial charge is 0.324 e. The first-order valence-electron chi connectivity index (χ1n) is 7.30. The zero-order chi connectivity index (χ0) is 15.5. The van der Waals surface area contributed by atoms with Gasteiger partial charge in [-0.15, -0.1) is 0 Å². The normalized spacial score (nSPS) is 11.0. The van der Waals surface area contributed by atoms with Crippen LogP contribution in [0.4, 0.5) is 5.69 Å². The third-order valence-electron chi connectivity index (χ3n) is 3.41. The van der Waals surface area contributed by atoms with Crippen molar-refractivity contribution in [3.63, 3.8) is 0 Å². The molecule has 5 heteroatoms. The first-order chi connectivity index (χ1) is 10.6. The molecule has 1 aromatic carbocycles. The van der Waals surface area contributed by atoms with Crippen LogP contribution in [0.5, 0.6) is 0 Å². The van der Waals surface area contributed by atoms with Crippen molar-refractivity contribution in [2.24, 2.45) is 0 Å². The number of aromatic nitrogens is 3. The van der Waals surface area contributed by atoms with Gasteiger partial charge in [-0.2, -0.15) is 5.10 Å². The maximum atomic E-state index is 12.1. The van der Waals surface area contributed by atoms with Crippen LogP contribution < -0.4 is 5.32 Å². The van der Waals surface area contributed by atoms with Crippen LogP contribution in [0, 0.1) is 0 Å². The van der Waals surface area contributed by atoms with Crippen LogP contribution in [-0.4, -0.2) is 20.7 Å². The van der Waals surface area contributed by atoms with Crippen molar-refractivity contribution in [3.05, 3.63) is 54.4 Å². The molecule has 0 bridgehead atoms. The highest BCUT2D eigenvalue weighted by atomic mass is 16.1. The van der Waals surface area contributed by atoms with Crippen LogP contribution in [0.25, 0.3) is 11.0 Å². The first kappa shape index (κ1) is 14.3. The van der Waals surface area contributed by atoms with Gasteiger partial charge in [-0.1, -0.05) is 30.3 Å². The van der Waals surface area contributed by atoms with Gasteiger partial charge in [-0.3, -0.25) is 4.79 Å². The van der Waals surface area contributed by atoms with Crippen molar-refractivity contribution >= 4 is 22.6 Å². The molecule has 0 saturated carbocycles. The highest BCUT2D eigenvalue weighted by Crippen LogP contribution is 2.19. The van der Waals surface area contributed by atoms with Gasteiger partial charge in [0.2, 0.25) is 5.91 Å². The minimum absolute atomic E-state index is 0.0522. The monoisotopic (exact) mass is 294 g/mol. The topological polar surface area (TPSA) is 59.8 Å². The molecular formula is C17H18N4O. The molecule has 0 aliphatic rings. The van der Waals surface area contributed by atoms with Crippen LogP contribution in [0.1, 0.15) is 25.5 Å². The van der Waals surface area contributed by atoms with E-state index in [1.807, 2.05) is 41.1 Å². The van der Waals surface area contributed by atoms with Crippen LogP contribution in [0.2, 0.25) is 0 Å². The van der Waals surface area contributed by atoms with Gasteiger partial charge in [0.1, 0.15) is 0 Å². The molecule has 0 radical (unpaired) electrons. The van der Waals surface area contributed by atoms with Crippen molar-refractivity contribution in [2.75, 3.05) is 5.32 Å². The number of benzene rings is 1. The van der Waals surface area contributed by atoms with E-state index in [1.54, 1.807) is 12.4 Å². The third-order valence-corrected chi connectivity index (χ3v) is 3.41. The Balaban J connectivity index is 1.75. The summed E-state index contributed by atoms with van der Waals surface area (Å²) in [6, 6.07) is 11.8. The standard InChI is InChI=1S/C17H18N4O/c1-12(2)21-17-14(10-19-21)9-15(11-18-17)20-16(22)8-13-6-4-3-5-7-13/h3-7,9-12H,8H2,1-2H3,(H,20,22). The summed E-state index contributed by atoms with van der Waals surface area (Å²) in [6.07, 6.45) is 3.80. The second-order valence-corrected chi connectivity index (χ2v) is 5.53. The van der Waals surface area contributed by atoms with E-state index in [0.29, 0.717) is 12.1 Å². The summed E-state index contributed by atoms with van der Waals surface area (Å²) in [5, 5.41) is 8.13. The zero-order valence-electron chi connectivity index (χ0n) is 12.7. The minimum atomic E-state index is -0.0522. The molecule has 0 saturated heterocycles. The Labute approximate surface area is 129 Å². The quantitative estimate of drug-likeness (QED) is 0.804. The lowest BCUT2D eigenvalue weighted by atomic mass is 10.1. The Morgan fingerprint density at radius 3 is 2.73 bits per heavy atom. The van der Waals surface area contributed by atoms with E-state index in [-0.39, 0.29) is 11.9 Å². The minimum Gasteiger partial charge on any atom is -0.324 e. The molecule has 22 heavy (non-hydrogen) atoms. The molecule has 3 rings (SSSR count). The van der Waals surface area contributed by atoms with E-state index >= 15 is 0 Å². The number of hydrogen-bond donors (Lipinski definition) is 1. The lowest BCUT2D eigenvalue weighted by Gasteiger charge is -2.07. The van der Waals surface area contributed by atoms with Crippen molar-refractivity contribution in [1.29, 1.82) is 0 Å². The maximum absolute atomic E-state index is 12.1. The molecule has 2 heterocycles. The number of nitrogens with one attached hydrogen (secondary N) is 1. The Hall–Kier alpha value is -2.69. The molecule has 0 fully saturated rings. The molecule has 1 N–H and O–H groups in total. The number of pyridine rings is 1. The number of anilines is 1. The average Bonchev–Trinajstić information content (AvgIpc) is 2.91. The predicted molar refractivity (Wildman–Crippen MR) is 86.7 cm³/mol. The van der Waals surface area contributed by atoms with Crippen molar-refractivity contribution in [3.8, 4) is 0 Å². The van der Waals surface area contributed by atoms with Gasteiger partial charge in [-0.05, 0) is 25.5 Å². The van der Waals surface area contributed by atoms with Gasteiger partial charge < -0.3 is 5.32 Å². The van der Waals surface area contributed by atoms with E-state index in [4.69, 9.17) is 0 Å². The smallest absolute Gasteiger partial charge is 0.228 e. The lowest BCUT2D eigenvalue weighted by molar-refractivity contribution is -0.115. The molecule has 1 amide bonds. The highest BCUT2D eigenvalue weighted by molar-refractivity contribution is 5.93. The number of amides is 1. The lowest BCUT2D eigenvalue weighted by Crippen LogP contribution is -2.14. The van der Waals surface area contributed by atoms with Crippen molar-refractivity contribution in [1.82, 2.24) is 14.8 Å². The molecular weight excluding hydrogens is 276 g/mol. The molecule has 112 valence electrons. The Bertz CT molecular complexity index is 793. The van der Waals surface area contributed by atoms with E-state index in [2.05, 4.69) is 29.2 Å². The fraction of sp³-hybridized carbons (Fsp3) is 0.235. The van der Waals surface area contributed by atoms with Gasteiger partial charge in [-0.25, -0.2) is 9.67 Å². The Kier molecular flexibility index (Phi) is 3.87. The fourth-order valence-electron chi connectivity index (χ4n) is 2.37. The summed E-state index contributed by atoms with van der Waals surface area (Å²) in [4.78, 5) is 16.5. The van der Waals surface area contributed by atoms with Crippen molar-refractivity contribution < 1.29 is 4.79 Å². The third kappa shape index (κ3) is 2.98. The van der Waals surface area contributed by atoms with Gasteiger partial charge in [0, 0.05) is 11.4 Å². The number of hydrogen-bond acceptors (Lipinski definition) is 3. The average molecular weight is 294 g/mol. The van der Waals surface area contributed by atoms with Gasteiger partial charge >= 0.3 is 0 Å². The van der Waals surface area contributed by atoms with Crippen LogP contribution in [-0.2, 0) is 11.2 Å². The number of fused-ring (bicyclic) bond motifs is 1. The molecule has 0 aliphatic heterocycles. The number of carbonyl (C=O) groups is 1. The second kappa shape index (κ2) is 5.97. The summed E-state index contributed by atoms with van der Waals surface area (Å²) < 4.78 is 1.87. The maximum Gasteiger partial charge on any atom is 0.228 e. The highest BCUT2D eigenvalue weighted by Gasteiger charge is 2.09. The van der Waals surface area contributed by atoms with Crippen LogP contribution >= 0.6 is 0 Å².